The lowest BCUT2D eigenvalue weighted by molar-refractivity contribution is -0.118. The van der Waals surface area contributed by atoms with Gasteiger partial charge in [0.2, 0.25) is 5.91 Å². The molecule has 2 aromatic rings. The summed E-state index contributed by atoms with van der Waals surface area (Å²) in [6, 6.07) is 7.50. The Bertz CT molecular complexity index is 758. The highest BCUT2D eigenvalue weighted by Crippen LogP contribution is 2.36. The zero-order chi connectivity index (χ0) is 19.2. The van der Waals surface area contributed by atoms with Crippen LogP contribution in [0.1, 0.15) is 31.4 Å². The molecule has 1 N–H and O–H groups in total. The van der Waals surface area contributed by atoms with Crippen molar-refractivity contribution in [2.75, 3.05) is 26.1 Å². The van der Waals surface area contributed by atoms with Crippen molar-refractivity contribution < 1.29 is 18.7 Å². The highest BCUT2D eigenvalue weighted by Gasteiger charge is 2.25. The molecule has 0 atom stereocenters. The number of methoxy groups -OCH3 is 2. The van der Waals surface area contributed by atoms with Gasteiger partial charge in [-0.25, -0.2) is 0 Å². The first-order chi connectivity index (χ1) is 13.1. The highest BCUT2D eigenvalue weighted by molar-refractivity contribution is 6.32. The molecule has 1 amide bonds. The predicted octanol–water partition coefficient (Wildman–Crippen LogP) is 4.33. The molecule has 1 fully saturated rings. The fraction of sp³-hybridized carbons (Fsp3) is 0.450. The van der Waals surface area contributed by atoms with Crippen LogP contribution in [0.3, 0.4) is 0 Å². The number of rotatable bonds is 8. The number of carbonyl (C=O) groups excluding carboxylic acids is 1. The molecule has 3 rings (SSSR count). The second-order valence-corrected chi connectivity index (χ2v) is 7.07. The fourth-order valence-electron chi connectivity index (χ4n) is 3.52. The maximum atomic E-state index is 12.7. The van der Waals surface area contributed by atoms with E-state index in [4.69, 9.17) is 25.5 Å². The van der Waals surface area contributed by atoms with Gasteiger partial charge in [0.1, 0.15) is 17.3 Å². The molecule has 146 valence electrons. The maximum Gasteiger partial charge on any atom is 0.238 e. The lowest BCUT2D eigenvalue weighted by Gasteiger charge is -2.27. The van der Waals surface area contributed by atoms with E-state index in [1.54, 1.807) is 18.4 Å². The van der Waals surface area contributed by atoms with Crippen molar-refractivity contribution >= 4 is 23.2 Å². The van der Waals surface area contributed by atoms with E-state index in [0.29, 0.717) is 34.8 Å². The third-order valence-electron chi connectivity index (χ3n) is 4.87. The Morgan fingerprint density at radius 2 is 2.00 bits per heavy atom. The van der Waals surface area contributed by atoms with E-state index in [9.17, 15) is 4.79 Å². The van der Waals surface area contributed by atoms with Crippen LogP contribution in [0.5, 0.6) is 11.5 Å². The number of benzene rings is 1. The molecule has 1 aliphatic carbocycles. The number of carbonyl (C=O) groups is 1. The molecule has 1 aromatic carbocycles. The van der Waals surface area contributed by atoms with Gasteiger partial charge in [0.05, 0.1) is 44.3 Å². The highest BCUT2D eigenvalue weighted by atomic mass is 35.5. The summed E-state index contributed by atoms with van der Waals surface area (Å²) in [4.78, 5) is 14.9. The summed E-state index contributed by atoms with van der Waals surface area (Å²) in [7, 11) is 3.07. The molecule has 1 aliphatic rings. The van der Waals surface area contributed by atoms with E-state index in [0.717, 1.165) is 18.6 Å². The second kappa shape index (κ2) is 9.15. The summed E-state index contributed by atoms with van der Waals surface area (Å²) in [5.74, 6) is 1.72. The minimum absolute atomic E-state index is 0.115. The van der Waals surface area contributed by atoms with Crippen LogP contribution >= 0.6 is 11.6 Å². The number of hydrogen-bond donors (Lipinski definition) is 1. The molecule has 1 aromatic heterocycles. The molecule has 1 saturated carbocycles. The molecular formula is C20H25ClN2O4. The van der Waals surface area contributed by atoms with Crippen molar-refractivity contribution in [3.05, 3.63) is 41.3 Å². The van der Waals surface area contributed by atoms with Crippen LogP contribution in [-0.4, -0.2) is 37.6 Å². The summed E-state index contributed by atoms with van der Waals surface area (Å²) in [5, 5.41) is 3.35. The number of hydrogen-bond acceptors (Lipinski definition) is 5. The van der Waals surface area contributed by atoms with Crippen molar-refractivity contribution in [1.82, 2.24) is 4.90 Å². The normalized spacial score (nSPS) is 14.5. The average molecular weight is 393 g/mol. The maximum absolute atomic E-state index is 12.7. The van der Waals surface area contributed by atoms with Crippen LogP contribution in [0.15, 0.2) is 34.9 Å². The summed E-state index contributed by atoms with van der Waals surface area (Å²) in [6.07, 6.45) is 6.26. The van der Waals surface area contributed by atoms with E-state index >= 15 is 0 Å². The Morgan fingerprint density at radius 3 is 2.63 bits per heavy atom. The minimum Gasteiger partial charge on any atom is -0.495 e. The van der Waals surface area contributed by atoms with Crippen LogP contribution in [0.4, 0.5) is 5.69 Å². The van der Waals surface area contributed by atoms with Gasteiger partial charge in [0.15, 0.2) is 0 Å². The summed E-state index contributed by atoms with van der Waals surface area (Å²) >= 11 is 6.13. The number of nitrogens with one attached hydrogen (secondary N) is 1. The molecule has 0 aliphatic heterocycles. The van der Waals surface area contributed by atoms with Crippen molar-refractivity contribution in [3.63, 3.8) is 0 Å². The van der Waals surface area contributed by atoms with Crippen molar-refractivity contribution in [2.24, 2.45) is 0 Å². The molecule has 0 radical (unpaired) electrons. The molecular weight excluding hydrogens is 368 g/mol. The number of anilines is 1. The Labute approximate surface area is 164 Å². The van der Waals surface area contributed by atoms with E-state index < -0.39 is 0 Å². The zero-order valence-corrected chi connectivity index (χ0v) is 16.4. The smallest absolute Gasteiger partial charge is 0.238 e. The third-order valence-corrected chi connectivity index (χ3v) is 5.17. The van der Waals surface area contributed by atoms with Crippen molar-refractivity contribution in [3.8, 4) is 11.5 Å². The van der Waals surface area contributed by atoms with Gasteiger partial charge in [-0.1, -0.05) is 24.4 Å². The summed E-state index contributed by atoms with van der Waals surface area (Å²) in [5.41, 5.74) is 0.535. The van der Waals surface area contributed by atoms with E-state index in [2.05, 4.69) is 10.2 Å². The predicted molar refractivity (Wildman–Crippen MR) is 105 cm³/mol. The van der Waals surface area contributed by atoms with Gasteiger partial charge in [-0.15, -0.1) is 0 Å². The van der Waals surface area contributed by atoms with Crippen LogP contribution in [0, 0.1) is 0 Å². The van der Waals surface area contributed by atoms with Crippen molar-refractivity contribution in [1.29, 1.82) is 0 Å². The van der Waals surface area contributed by atoms with Gasteiger partial charge in [-0.2, -0.15) is 0 Å². The zero-order valence-electron chi connectivity index (χ0n) is 15.7. The third kappa shape index (κ3) is 4.96. The van der Waals surface area contributed by atoms with E-state index in [1.807, 2.05) is 12.1 Å². The number of halogens is 1. The van der Waals surface area contributed by atoms with Crippen LogP contribution in [0.25, 0.3) is 0 Å². The second-order valence-electron chi connectivity index (χ2n) is 6.66. The number of ether oxygens (including phenoxy) is 2. The first-order valence-corrected chi connectivity index (χ1v) is 9.46. The standard InChI is InChI=1S/C20H25ClN2O4/c1-25-18-11-17(19(26-2)10-16(18)21)22-20(24)13-23(14-6-3-4-7-14)12-15-8-5-9-27-15/h5,8-11,14H,3-4,6-7,12-13H2,1-2H3,(H,22,24). The van der Waals surface area contributed by atoms with E-state index in [1.165, 1.54) is 27.1 Å². The molecule has 0 unspecified atom stereocenters. The van der Waals surface area contributed by atoms with Gasteiger partial charge in [0.25, 0.3) is 0 Å². The van der Waals surface area contributed by atoms with Crippen LogP contribution in [-0.2, 0) is 11.3 Å². The lowest BCUT2D eigenvalue weighted by Crippen LogP contribution is -2.39. The average Bonchev–Trinajstić information content (AvgIpc) is 3.35. The Kier molecular flexibility index (Phi) is 6.63. The molecule has 0 bridgehead atoms. The lowest BCUT2D eigenvalue weighted by atomic mass is 10.2. The topological polar surface area (TPSA) is 63.9 Å². The molecule has 6 nitrogen and oxygen atoms in total. The fourth-order valence-corrected chi connectivity index (χ4v) is 3.75. The quantitative estimate of drug-likeness (QED) is 0.724. The van der Waals surface area contributed by atoms with Gasteiger partial charge in [0, 0.05) is 18.2 Å². The first kappa shape index (κ1) is 19.6. The number of amides is 1. The molecule has 1 heterocycles. The Balaban J connectivity index is 1.72. The SMILES string of the molecule is COc1cc(NC(=O)CN(Cc2ccco2)C2CCCC2)c(OC)cc1Cl. The van der Waals surface area contributed by atoms with Gasteiger partial charge in [-0.05, 0) is 25.0 Å². The van der Waals surface area contributed by atoms with Crippen LogP contribution in [0.2, 0.25) is 5.02 Å². The van der Waals surface area contributed by atoms with E-state index in [-0.39, 0.29) is 12.5 Å². The molecule has 0 spiro atoms. The largest absolute Gasteiger partial charge is 0.495 e. The van der Waals surface area contributed by atoms with Gasteiger partial charge in [-0.3, -0.25) is 9.69 Å². The minimum atomic E-state index is -0.115. The van der Waals surface area contributed by atoms with Crippen LogP contribution < -0.4 is 14.8 Å². The molecule has 0 saturated heterocycles. The number of nitrogens with zero attached hydrogens (tertiary/aromatic N) is 1. The monoisotopic (exact) mass is 392 g/mol. The molecule has 7 heteroatoms. The Hall–Kier alpha value is -2.18. The Morgan fingerprint density at radius 1 is 1.26 bits per heavy atom. The first-order valence-electron chi connectivity index (χ1n) is 9.08. The van der Waals surface area contributed by atoms with Gasteiger partial charge >= 0.3 is 0 Å². The summed E-state index contributed by atoms with van der Waals surface area (Å²) < 4.78 is 16.0. The summed E-state index contributed by atoms with van der Waals surface area (Å²) in [6.45, 7) is 0.894. The van der Waals surface area contributed by atoms with Crippen molar-refractivity contribution in [2.45, 2.75) is 38.3 Å². The molecule has 27 heavy (non-hydrogen) atoms. The van der Waals surface area contributed by atoms with Gasteiger partial charge < -0.3 is 19.2 Å². The number of furan rings is 1.